The smallest absolute Gasteiger partial charge is 0.352 e. The second-order valence-corrected chi connectivity index (χ2v) is 7.26. The van der Waals surface area contributed by atoms with Gasteiger partial charge < -0.3 is 18.9 Å². The van der Waals surface area contributed by atoms with Crippen LogP contribution in [0, 0.1) is 0 Å². The summed E-state index contributed by atoms with van der Waals surface area (Å²) in [4.78, 5) is 25.3. The number of hydrogen-bond acceptors (Lipinski definition) is 6. The Morgan fingerprint density at radius 2 is 1.67 bits per heavy atom. The zero-order chi connectivity index (χ0) is 23.2. The van der Waals surface area contributed by atoms with Crippen LogP contribution < -0.4 is 14.2 Å². The van der Waals surface area contributed by atoms with Gasteiger partial charge in [-0.25, -0.2) is 4.79 Å². The minimum Gasteiger partial charge on any atom is -0.494 e. The average Bonchev–Trinajstić information content (AvgIpc) is 3.14. The minimum absolute atomic E-state index is 0.213. The molecule has 0 bridgehead atoms. The Bertz CT molecular complexity index is 1160. The molecule has 1 atom stereocenters. The molecule has 0 saturated carbocycles. The first-order valence-electron chi connectivity index (χ1n) is 10.8. The Morgan fingerprint density at radius 1 is 0.939 bits per heavy atom. The summed E-state index contributed by atoms with van der Waals surface area (Å²) in [5.74, 6) is 1.05. The molecule has 1 heterocycles. The Kier molecular flexibility index (Phi) is 6.74. The van der Waals surface area contributed by atoms with Crippen molar-refractivity contribution < 1.29 is 28.5 Å². The van der Waals surface area contributed by atoms with Crippen LogP contribution in [0.4, 0.5) is 0 Å². The average molecular weight is 444 g/mol. The van der Waals surface area contributed by atoms with Crippen LogP contribution in [-0.2, 0) is 9.53 Å². The number of benzene rings is 3. The molecule has 4 rings (SSSR count). The monoisotopic (exact) mass is 444 g/mol. The van der Waals surface area contributed by atoms with Gasteiger partial charge >= 0.3 is 5.97 Å². The van der Waals surface area contributed by atoms with Crippen molar-refractivity contribution in [3.05, 3.63) is 95.2 Å². The van der Waals surface area contributed by atoms with E-state index in [1.165, 1.54) is 0 Å². The summed E-state index contributed by atoms with van der Waals surface area (Å²) in [5, 5.41) is 0. The summed E-state index contributed by atoms with van der Waals surface area (Å²) in [7, 11) is 0. The molecule has 6 nitrogen and oxygen atoms in total. The van der Waals surface area contributed by atoms with Crippen molar-refractivity contribution >= 4 is 17.8 Å². The molecule has 0 saturated heterocycles. The second-order valence-electron chi connectivity index (χ2n) is 7.26. The van der Waals surface area contributed by atoms with Crippen LogP contribution >= 0.6 is 0 Å². The Hall–Kier alpha value is -4.06. The lowest BCUT2D eigenvalue weighted by molar-refractivity contribution is -0.151. The molecule has 6 heteroatoms. The van der Waals surface area contributed by atoms with Crippen molar-refractivity contribution in [3.8, 4) is 17.2 Å². The van der Waals surface area contributed by atoms with Crippen molar-refractivity contribution in [3.63, 3.8) is 0 Å². The van der Waals surface area contributed by atoms with E-state index < -0.39 is 12.1 Å². The SMILES string of the molecule is CCOC(=O)C(Oc1ccc2c(c1)O/C(=C\c1ccc(OCC)cc1)C2=O)c1ccccc1. The topological polar surface area (TPSA) is 71.1 Å². The number of fused-ring (bicyclic) bond motifs is 1. The number of hydrogen-bond donors (Lipinski definition) is 0. The van der Waals surface area contributed by atoms with Gasteiger partial charge in [-0.3, -0.25) is 4.79 Å². The number of allylic oxidation sites excluding steroid dienone is 1. The van der Waals surface area contributed by atoms with E-state index in [0.717, 1.165) is 11.3 Å². The summed E-state index contributed by atoms with van der Waals surface area (Å²) >= 11 is 0. The molecule has 0 spiro atoms. The van der Waals surface area contributed by atoms with Crippen LogP contribution in [0.15, 0.2) is 78.6 Å². The molecule has 0 fully saturated rings. The fourth-order valence-electron chi connectivity index (χ4n) is 3.45. The van der Waals surface area contributed by atoms with Gasteiger partial charge in [0.05, 0.1) is 18.8 Å². The number of carbonyl (C=O) groups is 2. The lowest BCUT2D eigenvalue weighted by Gasteiger charge is -2.18. The molecule has 168 valence electrons. The highest BCUT2D eigenvalue weighted by atomic mass is 16.6. The maximum atomic E-state index is 12.8. The summed E-state index contributed by atoms with van der Waals surface area (Å²) < 4.78 is 22.4. The summed E-state index contributed by atoms with van der Waals surface area (Å²) in [6.07, 6.45) is 0.754. The van der Waals surface area contributed by atoms with E-state index in [4.69, 9.17) is 18.9 Å². The number of Topliss-reactive ketones (excluding diaryl/α,β-unsaturated/α-hetero) is 1. The normalized spacial score (nSPS) is 14.4. The summed E-state index contributed by atoms with van der Waals surface area (Å²) in [5.41, 5.74) is 1.92. The summed E-state index contributed by atoms with van der Waals surface area (Å²) in [6.45, 7) is 4.49. The Balaban J connectivity index is 1.55. The van der Waals surface area contributed by atoms with E-state index in [-0.39, 0.29) is 18.1 Å². The predicted octanol–water partition coefficient (Wildman–Crippen LogP) is 5.38. The van der Waals surface area contributed by atoms with E-state index in [1.54, 1.807) is 43.3 Å². The molecule has 1 unspecified atom stereocenters. The molecular weight excluding hydrogens is 420 g/mol. The van der Waals surface area contributed by atoms with Crippen LogP contribution in [0.1, 0.15) is 41.4 Å². The van der Waals surface area contributed by atoms with Crippen molar-refractivity contribution in [1.29, 1.82) is 0 Å². The highest BCUT2D eigenvalue weighted by molar-refractivity contribution is 6.14. The lowest BCUT2D eigenvalue weighted by Crippen LogP contribution is -2.21. The van der Waals surface area contributed by atoms with Gasteiger partial charge in [0.1, 0.15) is 17.2 Å². The zero-order valence-corrected chi connectivity index (χ0v) is 18.4. The first-order chi connectivity index (χ1) is 16.1. The third-order valence-corrected chi connectivity index (χ3v) is 4.99. The van der Waals surface area contributed by atoms with Gasteiger partial charge in [0.25, 0.3) is 0 Å². The molecule has 0 aromatic heterocycles. The van der Waals surface area contributed by atoms with Gasteiger partial charge in [-0.1, -0.05) is 42.5 Å². The third-order valence-electron chi connectivity index (χ3n) is 4.99. The first-order valence-corrected chi connectivity index (χ1v) is 10.8. The zero-order valence-electron chi connectivity index (χ0n) is 18.4. The number of rotatable bonds is 8. The van der Waals surface area contributed by atoms with Crippen LogP contribution in [0.25, 0.3) is 6.08 Å². The van der Waals surface area contributed by atoms with Crippen molar-refractivity contribution in [2.75, 3.05) is 13.2 Å². The number of ketones is 1. The minimum atomic E-state index is -0.930. The quantitative estimate of drug-likeness (QED) is 0.343. The number of esters is 1. The van der Waals surface area contributed by atoms with E-state index in [9.17, 15) is 9.59 Å². The second kappa shape index (κ2) is 10.0. The maximum Gasteiger partial charge on any atom is 0.352 e. The fourth-order valence-corrected chi connectivity index (χ4v) is 3.45. The Labute approximate surface area is 192 Å². The van der Waals surface area contributed by atoms with Crippen LogP contribution in [0.5, 0.6) is 17.2 Å². The van der Waals surface area contributed by atoms with Crippen LogP contribution in [0.2, 0.25) is 0 Å². The highest BCUT2D eigenvalue weighted by Crippen LogP contribution is 2.36. The van der Waals surface area contributed by atoms with Crippen molar-refractivity contribution in [1.82, 2.24) is 0 Å². The molecule has 1 aliphatic rings. The van der Waals surface area contributed by atoms with E-state index in [2.05, 4.69) is 0 Å². The van der Waals surface area contributed by atoms with Crippen LogP contribution in [-0.4, -0.2) is 25.0 Å². The molecule has 0 aliphatic carbocycles. The van der Waals surface area contributed by atoms with Gasteiger partial charge in [0.15, 0.2) is 5.76 Å². The van der Waals surface area contributed by atoms with Gasteiger partial charge in [-0.05, 0) is 49.8 Å². The van der Waals surface area contributed by atoms with E-state index in [1.807, 2.05) is 49.4 Å². The van der Waals surface area contributed by atoms with Crippen molar-refractivity contribution in [2.45, 2.75) is 20.0 Å². The number of carbonyl (C=O) groups excluding carboxylic acids is 2. The lowest BCUT2D eigenvalue weighted by atomic mass is 10.1. The standard InChI is InChI=1S/C27H24O6/c1-3-30-20-12-10-18(11-13-20)16-24-25(28)22-15-14-21(17-23(22)33-24)32-26(27(29)31-4-2)19-8-6-5-7-9-19/h5-17,26H,3-4H2,1-2H3/b24-16-. The van der Waals surface area contributed by atoms with Gasteiger partial charge in [0.2, 0.25) is 11.9 Å². The largest absolute Gasteiger partial charge is 0.494 e. The molecule has 33 heavy (non-hydrogen) atoms. The van der Waals surface area contributed by atoms with E-state index in [0.29, 0.717) is 29.2 Å². The molecule has 0 N–H and O–H groups in total. The van der Waals surface area contributed by atoms with Gasteiger partial charge in [-0.15, -0.1) is 0 Å². The highest BCUT2D eigenvalue weighted by Gasteiger charge is 2.29. The summed E-state index contributed by atoms with van der Waals surface area (Å²) in [6, 6.07) is 21.4. The fraction of sp³-hybridized carbons (Fsp3) is 0.185. The molecule has 0 amide bonds. The van der Waals surface area contributed by atoms with Gasteiger partial charge in [-0.2, -0.15) is 0 Å². The van der Waals surface area contributed by atoms with Crippen LogP contribution in [0.3, 0.4) is 0 Å². The molecule has 3 aromatic rings. The molecule has 0 radical (unpaired) electrons. The third kappa shape index (κ3) is 5.06. The number of ether oxygens (including phenoxy) is 4. The molecule has 1 aliphatic heterocycles. The molecule has 3 aromatic carbocycles. The Morgan fingerprint density at radius 3 is 2.36 bits per heavy atom. The maximum absolute atomic E-state index is 12.8. The molecular formula is C27H24O6. The van der Waals surface area contributed by atoms with Crippen molar-refractivity contribution in [2.24, 2.45) is 0 Å². The predicted molar refractivity (Wildman–Crippen MR) is 123 cm³/mol. The van der Waals surface area contributed by atoms with Gasteiger partial charge in [0, 0.05) is 11.6 Å². The van der Waals surface area contributed by atoms with E-state index >= 15 is 0 Å². The first kappa shape index (κ1) is 22.1.